The van der Waals surface area contributed by atoms with Crippen LogP contribution in [0.25, 0.3) is 10.8 Å². The number of likely N-dealkylation sites (tertiary alicyclic amines) is 1. The van der Waals surface area contributed by atoms with Crippen molar-refractivity contribution in [3.63, 3.8) is 0 Å². The van der Waals surface area contributed by atoms with Crippen molar-refractivity contribution in [3.8, 4) is 0 Å². The Labute approximate surface area is 249 Å². The van der Waals surface area contributed by atoms with E-state index in [9.17, 15) is 9.59 Å². The number of piperidine rings is 1. The smallest absolute Gasteiger partial charge is 0.410 e. The van der Waals surface area contributed by atoms with Gasteiger partial charge in [0.25, 0.3) is 5.56 Å². The number of amides is 1. The SMILES string of the molecule is Cc1cc(Nc2nc(Cl)cc3ccn(COCC[Si](C)(C)C)c(=O)c23)ccc1C1CCN(C(=O)OC(C)(C)C)CC1. The van der Waals surface area contributed by atoms with E-state index in [1.807, 2.05) is 32.9 Å². The average Bonchev–Trinajstić information content (AvgIpc) is 2.86. The van der Waals surface area contributed by atoms with Crippen molar-refractivity contribution in [3.05, 3.63) is 63.2 Å². The maximum Gasteiger partial charge on any atom is 0.410 e. The number of aryl methyl sites for hydroxylation is 1. The molecule has 222 valence electrons. The van der Waals surface area contributed by atoms with Crippen molar-refractivity contribution in [1.29, 1.82) is 0 Å². The van der Waals surface area contributed by atoms with Crippen LogP contribution in [0.4, 0.5) is 16.3 Å². The van der Waals surface area contributed by atoms with Crippen LogP contribution in [0.5, 0.6) is 0 Å². The van der Waals surface area contributed by atoms with Crippen molar-refractivity contribution in [2.75, 3.05) is 25.0 Å². The fourth-order valence-corrected chi connectivity index (χ4v) is 6.01. The zero-order chi connectivity index (χ0) is 29.9. The highest BCUT2D eigenvalue weighted by Gasteiger charge is 2.28. The number of hydrogen-bond acceptors (Lipinski definition) is 6. The van der Waals surface area contributed by atoms with E-state index in [2.05, 4.69) is 49.0 Å². The van der Waals surface area contributed by atoms with Crippen molar-refractivity contribution in [2.24, 2.45) is 0 Å². The van der Waals surface area contributed by atoms with E-state index in [1.165, 1.54) is 5.56 Å². The van der Waals surface area contributed by atoms with Crippen molar-refractivity contribution < 1.29 is 14.3 Å². The summed E-state index contributed by atoms with van der Waals surface area (Å²) in [6.07, 6.45) is 3.26. The quantitative estimate of drug-likeness (QED) is 0.164. The minimum atomic E-state index is -1.21. The van der Waals surface area contributed by atoms with Gasteiger partial charge in [-0.3, -0.25) is 9.36 Å². The van der Waals surface area contributed by atoms with E-state index in [0.29, 0.717) is 42.0 Å². The number of carbonyl (C=O) groups is 1. The molecular formula is C31H43ClN4O4Si. The molecule has 41 heavy (non-hydrogen) atoms. The van der Waals surface area contributed by atoms with Crippen LogP contribution in [0.15, 0.2) is 41.3 Å². The van der Waals surface area contributed by atoms with Crippen molar-refractivity contribution >= 4 is 48.0 Å². The first-order valence-corrected chi connectivity index (χ1v) is 18.4. The van der Waals surface area contributed by atoms with E-state index in [0.717, 1.165) is 35.5 Å². The minimum Gasteiger partial charge on any atom is -0.444 e. The maximum atomic E-state index is 13.5. The molecule has 1 aromatic carbocycles. The van der Waals surface area contributed by atoms with Crippen LogP contribution in [0.2, 0.25) is 30.8 Å². The summed E-state index contributed by atoms with van der Waals surface area (Å²) in [7, 11) is -1.21. The van der Waals surface area contributed by atoms with E-state index in [-0.39, 0.29) is 18.4 Å². The molecule has 1 amide bonds. The largest absolute Gasteiger partial charge is 0.444 e. The van der Waals surface area contributed by atoms with Gasteiger partial charge in [-0.25, -0.2) is 9.78 Å². The number of pyridine rings is 2. The molecule has 0 aliphatic carbocycles. The van der Waals surface area contributed by atoms with E-state index < -0.39 is 13.7 Å². The molecule has 0 atom stereocenters. The van der Waals surface area contributed by atoms with Crippen LogP contribution in [0.1, 0.15) is 50.7 Å². The van der Waals surface area contributed by atoms with Gasteiger partial charge < -0.3 is 19.7 Å². The lowest BCUT2D eigenvalue weighted by atomic mass is 9.87. The number of carbonyl (C=O) groups excluding carboxylic acids is 1. The summed E-state index contributed by atoms with van der Waals surface area (Å²) >= 11 is 6.34. The standard InChI is InChI=1S/C31H43ClN4O4Si/c1-21-18-24(8-9-25(21)22-10-13-35(14-11-22)30(38)40-31(2,3)4)33-28-27-23(19-26(32)34-28)12-15-36(29(27)37)20-39-16-17-41(5,6)7/h8-9,12,15,18-19,22H,10-11,13-14,16-17,20H2,1-7H3,(H,33,34). The van der Waals surface area contributed by atoms with Gasteiger partial charge >= 0.3 is 6.09 Å². The second kappa shape index (κ2) is 12.5. The fraction of sp³-hybridized carbons (Fsp3) is 0.516. The van der Waals surface area contributed by atoms with Crippen LogP contribution in [-0.2, 0) is 16.2 Å². The van der Waals surface area contributed by atoms with Gasteiger partial charge in [-0.1, -0.05) is 37.3 Å². The summed E-state index contributed by atoms with van der Waals surface area (Å²) in [6.45, 7) is 16.8. The van der Waals surface area contributed by atoms with Gasteiger partial charge in [0.05, 0.1) is 5.39 Å². The van der Waals surface area contributed by atoms with Crippen LogP contribution in [-0.4, -0.2) is 53.9 Å². The minimum absolute atomic E-state index is 0.174. The van der Waals surface area contributed by atoms with Crippen molar-refractivity contribution in [2.45, 2.75) is 84.5 Å². The third-order valence-corrected chi connectivity index (χ3v) is 9.17. The lowest BCUT2D eigenvalue weighted by Gasteiger charge is -2.34. The number of fused-ring (bicyclic) bond motifs is 1. The van der Waals surface area contributed by atoms with Crippen LogP contribution in [0.3, 0.4) is 0 Å². The Morgan fingerprint density at radius 2 is 1.85 bits per heavy atom. The molecule has 0 bridgehead atoms. The molecule has 0 spiro atoms. The Bertz CT molecular complexity index is 1450. The third-order valence-electron chi connectivity index (χ3n) is 7.27. The molecule has 10 heteroatoms. The topological polar surface area (TPSA) is 85.7 Å². The number of ether oxygens (including phenoxy) is 2. The normalized spacial score (nSPS) is 14.9. The van der Waals surface area contributed by atoms with Gasteiger partial charge in [-0.15, -0.1) is 0 Å². The highest BCUT2D eigenvalue weighted by Crippen LogP contribution is 2.33. The fourth-order valence-electron chi connectivity index (χ4n) is 5.05. The summed E-state index contributed by atoms with van der Waals surface area (Å²) in [5.74, 6) is 0.785. The number of aromatic nitrogens is 2. The number of anilines is 2. The number of nitrogens with one attached hydrogen (secondary N) is 1. The lowest BCUT2D eigenvalue weighted by molar-refractivity contribution is 0.0204. The Kier molecular flexibility index (Phi) is 9.51. The van der Waals surface area contributed by atoms with Gasteiger partial charge in [0.1, 0.15) is 23.3 Å². The molecule has 2 aromatic heterocycles. The number of nitrogens with zero attached hydrogens (tertiary/aromatic N) is 3. The summed E-state index contributed by atoms with van der Waals surface area (Å²) in [6, 6.07) is 10.8. The number of rotatable bonds is 8. The molecule has 1 aliphatic rings. The number of halogens is 1. The lowest BCUT2D eigenvalue weighted by Crippen LogP contribution is -2.41. The van der Waals surface area contributed by atoms with Crippen LogP contribution < -0.4 is 10.9 Å². The molecule has 3 aromatic rings. The van der Waals surface area contributed by atoms with Gasteiger partial charge in [-0.2, -0.15) is 0 Å². The summed E-state index contributed by atoms with van der Waals surface area (Å²) in [5.41, 5.74) is 2.57. The molecule has 8 nitrogen and oxygen atoms in total. The molecule has 0 saturated carbocycles. The first-order chi connectivity index (χ1) is 19.2. The highest BCUT2D eigenvalue weighted by molar-refractivity contribution is 6.76. The van der Waals surface area contributed by atoms with Crippen molar-refractivity contribution in [1.82, 2.24) is 14.5 Å². The molecule has 0 radical (unpaired) electrons. The zero-order valence-corrected chi connectivity index (χ0v) is 27.1. The summed E-state index contributed by atoms with van der Waals surface area (Å²) in [5, 5.41) is 4.85. The highest BCUT2D eigenvalue weighted by atomic mass is 35.5. The van der Waals surface area contributed by atoms with E-state index >= 15 is 0 Å². The molecule has 1 aliphatic heterocycles. The Morgan fingerprint density at radius 1 is 1.15 bits per heavy atom. The van der Waals surface area contributed by atoms with Gasteiger partial charge in [0.15, 0.2) is 0 Å². The first-order valence-electron chi connectivity index (χ1n) is 14.3. The Morgan fingerprint density at radius 3 is 2.49 bits per heavy atom. The molecule has 1 saturated heterocycles. The maximum absolute atomic E-state index is 13.5. The molecule has 3 heterocycles. The second-order valence-electron chi connectivity index (χ2n) is 13.1. The third kappa shape index (κ3) is 8.33. The molecule has 1 N–H and O–H groups in total. The average molecular weight is 599 g/mol. The summed E-state index contributed by atoms with van der Waals surface area (Å²) < 4.78 is 13.0. The molecule has 0 unspecified atom stereocenters. The van der Waals surface area contributed by atoms with Crippen LogP contribution >= 0.6 is 11.6 Å². The summed E-state index contributed by atoms with van der Waals surface area (Å²) in [4.78, 5) is 32.2. The molecular weight excluding hydrogens is 556 g/mol. The predicted molar refractivity (Wildman–Crippen MR) is 169 cm³/mol. The molecule has 4 rings (SSSR count). The van der Waals surface area contributed by atoms with Gasteiger partial charge in [0.2, 0.25) is 0 Å². The monoisotopic (exact) mass is 598 g/mol. The predicted octanol–water partition coefficient (Wildman–Crippen LogP) is 7.53. The zero-order valence-electron chi connectivity index (χ0n) is 25.3. The van der Waals surface area contributed by atoms with Crippen LogP contribution in [0, 0.1) is 6.92 Å². The van der Waals surface area contributed by atoms with Gasteiger partial charge in [-0.05, 0) is 93.3 Å². The number of benzene rings is 1. The Balaban J connectivity index is 1.48. The number of hydrogen-bond donors (Lipinski definition) is 1. The first kappa shape index (κ1) is 31.1. The van der Waals surface area contributed by atoms with E-state index in [1.54, 1.807) is 21.7 Å². The second-order valence-corrected chi connectivity index (χ2v) is 19.1. The van der Waals surface area contributed by atoms with E-state index in [4.69, 9.17) is 21.1 Å². The Hall–Kier alpha value is -2.88. The molecule has 1 fully saturated rings. The van der Waals surface area contributed by atoms with Gasteiger partial charge in [0, 0.05) is 39.7 Å².